The fourth-order valence-electron chi connectivity index (χ4n) is 1.40. The van der Waals surface area contributed by atoms with Crippen molar-refractivity contribution in [1.29, 1.82) is 0 Å². The van der Waals surface area contributed by atoms with Gasteiger partial charge in [0.1, 0.15) is 12.1 Å². The second-order valence-electron chi connectivity index (χ2n) is 3.18. The maximum Gasteiger partial charge on any atom is 0.322 e. The Morgan fingerprint density at radius 2 is 2.25 bits per heavy atom. The maximum absolute atomic E-state index is 11.6. The van der Waals surface area contributed by atoms with E-state index in [2.05, 4.69) is 15.3 Å². The predicted octanol–water partition coefficient (Wildman–Crippen LogP) is 0.377. The fraction of sp³-hybridized carbons (Fsp3) is 0.100. The van der Waals surface area contributed by atoms with E-state index in [-0.39, 0.29) is 0 Å². The van der Waals surface area contributed by atoms with Crippen LogP contribution in [0, 0.1) is 0 Å². The Bertz CT molecular complexity index is 547. The normalized spacial score (nSPS) is 10.2. The number of hydrogen-bond donors (Lipinski definition) is 3. The molecule has 82 valence electrons. The van der Waals surface area contributed by atoms with Crippen molar-refractivity contribution in [1.82, 2.24) is 15.3 Å². The van der Waals surface area contributed by atoms with Crippen LogP contribution in [0.4, 0.5) is 0 Å². The molecule has 0 aliphatic carbocycles. The zero-order valence-electron chi connectivity index (χ0n) is 8.23. The molecular weight excluding hydrogens is 210 g/mol. The van der Waals surface area contributed by atoms with E-state index in [1.165, 1.54) is 6.33 Å². The van der Waals surface area contributed by atoms with Gasteiger partial charge >= 0.3 is 5.97 Å². The van der Waals surface area contributed by atoms with Gasteiger partial charge in [0.25, 0.3) is 5.91 Å². The lowest BCUT2D eigenvalue weighted by Gasteiger charge is -2.02. The molecule has 0 atom stereocenters. The highest BCUT2D eigenvalue weighted by molar-refractivity contribution is 6.05. The highest BCUT2D eigenvalue weighted by Gasteiger charge is 2.11. The molecule has 1 aromatic carbocycles. The minimum absolute atomic E-state index is 0.361. The lowest BCUT2D eigenvalue weighted by atomic mass is 10.1. The molecule has 1 aromatic heterocycles. The minimum Gasteiger partial charge on any atom is -0.480 e. The lowest BCUT2D eigenvalue weighted by molar-refractivity contribution is -0.135. The Balaban J connectivity index is 2.29. The lowest BCUT2D eigenvalue weighted by Crippen LogP contribution is -2.29. The van der Waals surface area contributed by atoms with Crippen molar-refractivity contribution in [2.45, 2.75) is 0 Å². The topological polar surface area (TPSA) is 95.1 Å². The molecule has 0 fully saturated rings. The highest BCUT2D eigenvalue weighted by Crippen LogP contribution is 2.13. The zero-order valence-corrected chi connectivity index (χ0v) is 8.23. The van der Waals surface area contributed by atoms with Gasteiger partial charge in [-0.3, -0.25) is 9.59 Å². The molecule has 2 rings (SSSR count). The van der Waals surface area contributed by atoms with Gasteiger partial charge < -0.3 is 15.4 Å². The molecule has 2 aromatic rings. The molecule has 0 aliphatic rings. The predicted molar refractivity (Wildman–Crippen MR) is 56.1 cm³/mol. The number of aromatic amines is 1. The molecule has 0 bridgehead atoms. The summed E-state index contributed by atoms with van der Waals surface area (Å²) in [6, 6.07) is 5.09. The maximum atomic E-state index is 11.6. The monoisotopic (exact) mass is 219 g/mol. The number of nitrogens with one attached hydrogen (secondary N) is 2. The number of carbonyl (C=O) groups excluding carboxylic acids is 1. The van der Waals surface area contributed by atoms with E-state index in [0.29, 0.717) is 11.1 Å². The SMILES string of the molecule is O=C(O)CNC(=O)c1cccc2[nH]cnc12. The van der Waals surface area contributed by atoms with Gasteiger partial charge in [-0.2, -0.15) is 0 Å². The van der Waals surface area contributed by atoms with Crippen molar-refractivity contribution < 1.29 is 14.7 Å². The van der Waals surface area contributed by atoms with E-state index in [9.17, 15) is 9.59 Å². The van der Waals surface area contributed by atoms with Gasteiger partial charge in [0, 0.05) is 0 Å². The molecule has 0 radical (unpaired) electrons. The Hall–Kier alpha value is -2.37. The van der Waals surface area contributed by atoms with E-state index >= 15 is 0 Å². The van der Waals surface area contributed by atoms with Gasteiger partial charge in [0.2, 0.25) is 0 Å². The molecule has 0 saturated heterocycles. The first-order chi connectivity index (χ1) is 7.68. The van der Waals surface area contributed by atoms with Crippen molar-refractivity contribution in [2.24, 2.45) is 0 Å². The number of aromatic nitrogens is 2. The number of aliphatic carboxylic acids is 1. The number of rotatable bonds is 3. The summed E-state index contributed by atoms with van der Waals surface area (Å²) in [5.74, 6) is -1.53. The van der Waals surface area contributed by atoms with Crippen LogP contribution in [0.5, 0.6) is 0 Å². The minimum atomic E-state index is -1.08. The van der Waals surface area contributed by atoms with Crippen molar-refractivity contribution in [3.05, 3.63) is 30.1 Å². The summed E-state index contributed by atoms with van der Waals surface area (Å²) < 4.78 is 0. The molecule has 6 nitrogen and oxygen atoms in total. The number of carbonyl (C=O) groups is 2. The highest BCUT2D eigenvalue weighted by atomic mass is 16.4. The van der Waals surface area contributed by atoms with Gasteiger partial charge in [0.15, 0.2) is 0 Å². The third-order valence-electron chi connectivity index (χ3n) is 2.09. The smallest absolute Gasteiger partial charge is 0.322 e. The molecule has 6 heteroatoms. The van der Waals surface area contributed by atoms with Gasteiger partial charge in [-0.1, -0.05) is 6.07 Å². The van der Waals surface area contributed by atoms with Crippen LogP contribution in [-0.2, 0) is 4.79 Å². The number of carboxylic acids is 1. The van der Waals surface area contributed by atoms with Crippen LogP contribution in [-0.4, -0.2) is 33.5 Å². The standard InChI is InChI=1S/C10H9N3O3/c14-8(15)4-11-10(16)6-2-1-3-7-9(6)13-5-12-7/h1-3,5H,4H2,(H,11,16)(H,12,13)(H,14,15). The van der Waals surface area contributed by atoms with Gasteiger partial charge in [-0.05, 0) is 12.1 Å². The Morgan fingerprint density at radius 3 is 3.00 bits per heavy atom. The van der Waals surface area contributed by atoms with Crippen molar-refractivity contribution >= 4 is 22.9 Å². The molecule has 16 heavy (non-hydrogen) atoms. The first kappa shape index (κ1) is 10.2. The number of hydrogen-bond acceptors (Lipinski definition) is 3. The zero-order chi connectivity index (χ0) is 11.5. The first-order valence-corrected chi connectivity index (χ1v) is 4.60. The van der Waals surface area contributed by atoms with Gasteiger partial charge in [-0.25, -0.2) is 4.98 Å². The second kappa shape index (κ2) is 4.01. The quantitative estimate of drug-likeness (QED) is 0.695. The largest absolute Gasteiger partial charge is 0.480 e. The summed E-state index contributed by atoms with van der Waals surface area (Å²) >= 11 is 0. The van der Waals surface area contributed by atoms with Crippen LogP contribution in [0.1, 0.15) is 10.4 Å². The second-order valence-corrected chi connectivity index (χ2v) is 3.18. The fourth-order valence-corrected chi connectivity index (χ4v) is 1.40. The van der Waals surface area contributed by atoms with E-state index in [0.717, 1.165) is 5.52 Å². The summed E-state index contributed by atoms with van der Waals surface area (Å²) in [5, 5.41) is 10.7. The summed E-state index contributed by atoms with van der Waals surface area (Å²) in [5.41, 5.74) is 1.63. The Labute approximate surface area is 90.3 Å². The van der Waals surface area contributed by atoms with Crippen LogP contribution in [0.3, 0.4) is 0 Å². The number of nitrogens with zero attached hydrogens (tertiary/aromatic N) is 1. The van der Waals surface area contributed by atoms with Crippen LogP contribution in [0.15, 0.2) is 24.5 Å². The molecule has 0 saturated carbocycles. The van der Waals surface area contributed by atoms with Gasteiger partial charge in [-0.15, -0.1) is 0 Å². The van der Waals surface area contributed by atoms with Crippen molar-refractivity contribution in [2.75, 3.05) is 6.54 Å². The first-order valence-electron chi connectivity index (χ1n) is 4.60. The molecule has 0 aliphatic heterocycles. The van der Waals surface area contributed by atoms with E-state index < -0.39 is 18.4 Å². The molecule has 0 spiro atoms. The average Bonchev–Trinajstić information content (AvgIpc) is 2.73. The number of amides is 1. The Kier molecular flexibility index (Phi) is 2.55. The van der Waals surface area contributed by atoms with Gasteiger partial charge in [0.05, 0.1) is 17.4 Å². The van der Waals surface area contributed by atoms with E-state index in [1.54, 1.807) is 18.2 Å². The molecular formula is C10H9N3O3. The third kappa shape index (κ3) is 1.85. The molecule has 1 heterocycles. The molecule has 3 N–H and O–H groups in total. The summed E-state index contributed by atoms with van der Waals surface area (Å²) in [6.07, 6.45) is 1.48. The van der Waals surface area contributed by atoms with Crippen LogP contribution in [0.2, 0.25) is 0 Å². The number of benzene rings is 1. The van der Waals surface area contributed by atoms with Crippen LogP contribution < -0.4 is 5.32 Å². The summed E-state index contributed by atoms with van der Waals surface area (Å²) in [6.45, 7) is -0.403. The number of imidazole rings is 1. The Morgan fingerprint density at radius 1 is 1.44 bits per heavy atom. The number of fused-ring (bicyclic) bond motifs is 1. The molecule has 1 amide bonds. The van der Waals surface area contributed by atoms with Crippen molar-refractivity contribution in [3.63, 3.8) is 0 Å². The number of carboxylic acid groups (broad SMARTS) is 1. The summed E-state index contributed by atoms with van der Waals surface area (Å²) in [4.78, 5) is 28.8. The summed E-state index contributed by atoms with van der Waals surface area (Å²) in [7, 11) is 0. The number of para-hydroxylation sites is 1. The third-order valence-corrected chi connectivity index (χ3v) is 2.09. The number of H-pyrrole nitrogens is 1. The van der Waals surface area contributed by atoms with Crippen molar-refractivity contribution in [3.8, 4) is 0 Å². The van der Waals surface area contributed by atoms with Crippen LogP contribution >= 0.6 is 0 Å². The van der Waals surface area contributed by atoms with E-state index in [1.807, 2.05) is 0 Å². The average molecular weight is 219 g/mol. The van der Waals surface area contributed by atoms with Crippen LogP contribution in [0.25, 0.3) is 11.0 Å². The van der Waals surface area contributed by atoms with E-state index in [4.69, 9.17) is 5.11 Å². The molecule has 0 unspecified atom stereocenters.